The molecule has 1 aliphatic rings. The highest BCUT2D eigenvalue weighted by Gasteiger charge is 2.24. The quantitative estimate of drug-likeness (QED) is 0.892. The van der Waals surface area contributed by atoms with Crippen molar-refractivity contribution in [1.29, 1.82) is 0 Å². The van der Waals surface area contributed by atoms with E-state index in [1.807, 2.05) is 12.1 Å². The largest absolute Gasteiger partial charge is 0.493 e. The molecule has 0 spiro atoms. The van der Waals surface area contributed by atoms with Gasteiger partial charge in [0.05, 0.1) is 7.11 Å². The molecule has 2 N–H and O–H groups in total. The highest BCUT2D eigenvalue weighted by atomic mass is 16.5. The van der Waals surface area contributed by atoms with E-state index in [1.165, 1.54) is 18.4 Å². The van der Waals surface area contributed by atoms with E-state index in [0.717, 1.165) is 30.8 Å². The van der Waals surface area contributed by atoms with E-state index in [-0.39, 0.29) is 12.1 Å². The van der Waals surface area contributed by atoms with Gasteiger partial charge in [0.25, 0.3) is 0 Å². The van der Waals surface area contributed by atoms with E-state index in [1.54, 1.807) is 7.11 Å². The van der Waals surface area contributed by atoms with Gasteiger partial charge in [-0.15, -0.1) is 0 Å². The molecule has 2 rings (SSSR count). The van der Waals surface area contributed by atoms with Crippen LogP contribution in [0.1, 0.15) is 38.2 Å². The minimum Gasteiger partial charge on any atom is -0.493 e. The Kier molecular flexibility index (Phi) is 4.48. The zero-order chi connectivity index (χ0) is 13.0. The second-order valence-corrected chi connectivity index (χ2v) is 4.94. The molecular formula is C15H23NO2. The van der Waals surface area contributed by atoms with Crippen molar-refractivity contribution in [1.82, 2.24) is 0 Å². The molecule has 0 aromatic heterocycles. The van der Waals surface area contributed by atoms with Gasteiger partial charge in [0.1, 0.15) is 6.10 Å². The first kappa shape index (κ1) is 13.2. The number of hydrogen-bond donors (Lipinski definition) is 1. The Morgan fingerprint density at radius 1 is 1.22 bits per heavy atom. The predicted octanol–water partition coefficient (Wildman–Crippen LogP) is 2.91. The van der Waals surface area contributed by atoms with Crippen LogP contribution in [0.15, 0.2) is 18.2 Å². The number of ether oxygens (including phenoxy) is 2. The molecule has 0 heterocycles. The van der Waals surface area contributed by atoms with Crippen LogP contribution in [0.2, 0.25) is 0 Å². The van der Waals surface area contributed by atoms with E-state index < -0.39 is 0 Å². The molecule has 1 saturated carbocycles. The molecule has 1 fully saturated rings. The van der Waals surface area contributed by atoms with Gasteiger partial charge in [-0.25, -0.2) is 0 Å². The fraction of sp³-hybridized carbons (Fsp3) is 0.600. The van der Waals surface area contributed by atoms with Crippen molar-refractivity contribution in [2.75, 3.05) is 7.11 Å². The van der Waals surface area contributed by atoms with Crippen LogP contribution in [0, 0.1) is 0 Å². The first-order valence-corrected chi connectivity index (χ1v) is 6.83. The predicted molar refractivity (Wildman–Crippen MR) is 73.2 cm³/mol. The van der Waals surface area contributed by atoms with E-state index in [0.29, 0.717) is 0 Å². The van der Waals surface area contributed by atoms with Crippen molar-refractivity contribution in [3.8, 4) is 11.5 Å². The molecule has 18 heavy (non-hydrogen) atoms. The first-order valence-electron chi connectivity index (χ1n) is 6.83. The maximum atomic E-state index is 6.11. The van der Waals surface area contributed by atoms with Crippen LogP contribution in [-0.4, -0.2) is 19.3 Å². The van der Waals surface area contributed by atoms with Gasteiger partial charge in [-0.1, -0.05) is 19.4 Å². The SMILES string of the molecule is CCc1ccc(OC2CCCCC2N)c(OC)c1. The van der Waals surface area contributed by atoms with Crippen molar-refractivity contribution >= 4 is 0 Å². The van der Waals surface area contributed by atoms with Gasteiger partial charge in [-0.3, -0.25) is 0 Å². The summed E-state index contributed by atoms with van der Waals surface area (Å²) in [5.41, 5.74) is 7.37. The molecule has 2 atom stereocenters. The summed E-state index contributed by atoms with van der Waals surface area (Å²) in [5.74, 6) is 1.63. The third-order valence-electron chi connectivity index (χ3n) is 3.67. The topological polar surface area (TPSA) is 44.5 Å². The van der Waals surface area contributed by atoms with Gasteiger partial charge in [0, 0.05) is 6.04 Å². The first-order chi connectivity index (χ1) is 8.74. The van der Waals surface area contributed by atoms with Gasteiger partial charge in [0.2, 0.25) is 0 Å². The van der Waals surface area contributed by atoms with Crippen molar-refractivity contribution in [2.24, 2.45) is 5.73 Å². The normalized spacial score (nSPS) is 23.7. The summed E-state index contributed by atoms with van der Waals surface area (Å²) in [6.45, 7) is 2.13. The fourth-order valence-corrected chi connectivity index (χ4v) is 2.46. The molecule has 1 aromatic carbocycles. The molecule has 100 valence electrons. The number of nitrogens with two attached hydrogens (primary N) is 1. The molecule has 1 aliphatic carbocycles. The molecule has 0 aliphatic heterocycles. The van der Waals surface area contributed by atoms with Gasteiger partial charge in [0.15, 0.2) is 11.5 Å². The lowest BCUT2D eigenvalue weighted by atomic mass is 9.93. The Bertz CT molecular complexity index is 392. The Balaban J connectivity index is 2.12. The lowest BCUT2D eigenvalue weighted by Gasteiger charge is -2.29. The zero-order valence-electron chi connectivity index (χ0n) is 11.3. The van der Waals surface area contributed by atoms with Crippen LogP contribution in [-0.2, 0) is 6.42 Å². The molecular weight excluding hydrogens is 226 g/mol. The van der Waals surface area contributed by atoms with Gasteiger partial charge < -0.3 is 15.2 Å². The molecule has 0 saturated heterocycles. The Labute approximate surface area is 109 Å². The number of aryl methyl sites for hydroxylation is 1. The summed E-state index contributed by atoms with van der Waals surface area (Å²) < 4.78 is 11.4. The fourth-order valence-electron chi connectivity index (χ4n) is 2.46. The molecule has 0 amide bonds. The summed E-state index contributed by atoms with van der Waals surface area (Å²) in [4.78, 5) is 0. The highest BCUT2D eigenvalue weighted by molar-refractivity contribution is 5.43. The van der Waals surface area contributed by atoms with Crippen LogP contribution in [0.25, 0.3) is 0 Å². The van der Waals surface area contributed by atoms with E-state index in [9.17, 15) is 0 Å². The summed E-state index contributed by atoms with van der Waals surface area (Å²) in [6, 6.07) is 6.28. The zero-order valence-corrected chi connectivity index (χ0v) is 11.3. The molecule has 3 nitrogen and oxygen atoms in total. The molecule has 1 aromatic rings. The molecule has 2 unspecified atom stereocenters. The summed E-state index contributed by atoms with van der Waals surface area (Å²) in [5, 5.41) is 0. The van der Waals surface area contributed by atoms with E-state index >= 15 is 0 Å². The second kappa shape index (κ2) is 6.10. The van der Waals surface area contributed by atoms with Crippen LogP contribution in [0.5, 0.6) is 11.5 Å². The standard InChI is InChI=1S/C15H23NO2/c1-3-11-8-9-14(15(10-11)17-2)18-13-7-5-4-6-12(13)16/h8-10,12-13H,3-7,16H2,1-2H3. The Morgan fingerprint density at radius 3 is 2.67 bits per heavy atom. The Hall–Kier alpha value is -1.22. The molecule has 3 heteroatoms. The summed E-state index contributed by atoms with van der Waals surface area (Å²) in [6.07, 6.45) is 5.64. The van der Waals surface area contributed by atoms with Crippen molar-refractivity contribution in [3.05, 3.63) is 23.8 Å². The third kappa shape index (κ3) is 2.96. The van der Waals surface area contributed by atoms with Crippen LogP contribution in [0.4, 0.5) is 0 Å². The number of rotatable bonds is 4. The Morgan fingerprint density at radius 2 is 2.00 bits per heavy atom. The number of methoxy groups -OCH3 is 1. The van der Waals surface area contributed by atoms with Gasteiger partial charge in [-0.05, 0) is 43.4 Å². The van der Waals surface area contributed by atoms with Gasteiger partial charge >= 0.3 is 0 Å². The van der Waals surface area contributed by atoms with Crippen LogP contribution >= 0.6 is 0 Å². The maximum absolute atomic E-state index is 6.11. The average molecular weight is 249 g/mol. The third-order valence-corrected chi connectivity index (χ3v) is 3.67. The minimum atomic E-state index is 0.125. The van der Waals surface area contributed by atoms with Crippen LogP contribution in [0.3, 0.4) is 0 Å². The van der Waals surface area contributed by atoms with Crippen LogP contribution < -0.4 is 15.2 Å². The average Bonchev–Trinajstić information content (AvgIpc) is 2.41. The van der Waals surface area contributed by atoms with Crippen molar-refractivity contribution in [2.45, 2.75) is 51.2 Å². The molecule has 0 bridgehead atoms. The van der Waals surface area contributed by atoms with E-state index in [4.69, 9.17) is 15.2 Å². The number of hydrogen-bond acceptors (Lipinski definition) is 3. The van der Waals surface area contributed by atoms with Crippen molar-refractivity contribution in [3.63, 3.8) is 0 Å². The monoisotopic (exact) mass is 249 g/mol. The summed E-state index contributed by atoms with van der Waals surface area (Å²) in [7, 11) is 1.68. The van der Waals surface area contributed by atoms with E-state index in [2.05, 4.69) is 13.0 Å². The lowest BCUT2D eigenvalue weighted by molar-refractivity contribution is 0.128. The highest BCUT2D eigenvalue weighted by Crippen LogP contribution is 2.31. The smallest absolute Gasteiger partial charge is 0.161 e. The molecule has 0 radical (unpaired) electrons. The van der Waals surface area contributed by atoms with Gasteiger partial charge in [-0.2, -0.15) is 0 Å². The maximum Gasteiger partial charge on any atom is 0.161 e. The summed E-state index contributed by atoms with van der Waals surface area (Å²) >= 11 is 0. The van der Waals surface area contributed by atoms with Crippen molar-refractivity contribution < 1.29 is 9.47 Å². The number of benzene rings is 1. The lowest BCUT2D eigenvalue weighted by Crippen LogP contribution is -2.41. The second-order valence-electron chi connectivity index (χ2n) is 4.94. The minimum absolute atomic E-state index is 0.125.